The van der Waals surface area contributed by atoms with Crippen molar-refractivity contribution in [3.8, 4) is 0 Å². The van der Waals surface area contributed by atoms with Crippen LogP contribution < -0.4 is 5.73 Å². The van der Waals surface area contributed by atoms with Crippen molar-refractivity contribution in [1.82, 2.24) is 9.78 Å². The van der Waals surface area contributed by atoms with Crippen LogP contribution in [-0.4, -0.2) is 26.8 Å². The number of hydrogen-bond acceptors (Lipinski definition) is 3. The zero-order chi connectivity index (χ0) is 14.9. The standard InChI is InChI=1S/C14H15N3O3/c1-8-12(14(19)20)9(2)17(16-8)7-10-5-3-4-6-11(10)13(15)18/h3-6H,7H2,1-2H3,(H2,15,18)(H,19,20). The van der Waals surface area contributed by atoms with Gasteiger partial charge >= 0.3 is 5.97 Å². The van der Waals surface area contributed by atoms with Crippen molar-refractivity contribution in [2.24, 2.45) is 5.73 Å². The zero-order valence-corrected chi connectivity index (χ0v) is 11.3. The van der Waals surface area contributed by atoms with Crippen LogP contribution in [0.2, 0.25) is 0 Å². The van der Waals surface area contributed by atoms with Gasteiger partial charge in [0.2, 0.25) is 5.91 Å². The molecule has 0 unspecified atom stereocenters. The van der Waals surface area contributed by atoms with Gasteiger partial charge in [-0.05, 0) is 25.5 Å². The summed E-state index contributed by atoms with van der Waals surface area (Å²) < 4.78 is 1.57. The number of aryl methyl sites for hydroxylation is 1. The number of primary amides is 1. The van der Waals surface area contributed by atoms with Gasteiger partial charge in [0.15, 0.2) is 0 Å². The quantitative estimate of drug-likeness (QED) is 0.878. The van der Waals surface area contributed by atoms with Crippen LogP contribution in [0.4, 0.5) is 0 Å². The molecule has 0 aliphatic heterocycles. The van der Waals surface area contributed by atoms with E-state index in [1.807, 2.05) is 0 Å². The monoisotopic (exact) mass is 273 g/mol. The second kappa shape index (κ2) is 5.16. The van der Waals surface area contributed by atoms with E-state index in [0.29, 0.717) is 29.1 Å². The van der Waals surface area contributed by atoms with E-state index in [-0.39, 0.29) is 5.56 Å². The lowest BCUT2D eigenvalue weighted by Gasteiger charge is -2.08. The first-order valence-corrected chi connectivity index (χ1v) is 6.06. The molecule has 20 heavy (non-hydrogen) atoms. The highest BCUT2D eigenvalue weighted by atomic mass is 16.4. The molecule has 0 atom stereocenters. The Bertz CT molecular complexity index is 689. The summed E-state index contributed by atoms with van der Waals surface area (Å²) in [7, 11) is 0. The summed E-state index contributed by atoms with van der Waals surface area (Å²) in [5.41, 5.74) is 7.65. The Morgan fingerprint density at radius 2 is 1.95 bits per heavy atom. The molecule has 104 valence electrons. The van der Waals surface area contributed by atoms with Gasteiger partial charge in [-0.3, -0.25) is 9.48 Å². The van der Waals surface area contributed by atoms with Crippen LogP contribution in [0.3, 0.4) is 0 Å². The largest absolute Gasteiger partial charge is 0.478 e. The first kappa shape index (κ1) is 13.8. The second-order valence-corrected chi connectivity index (χ2v) is 4.53. The minimum absolute atomic E-state index is 0.196. The van der Waals surface area contributed by atoms with Gasteiger partial charge in [-0.1, -0.05) is 18.2 Å². The number of carbonyl (C=O) groups excluding carboxylic acids is 1. The van der Waals surface area contributed by atoms with Crippen molar-refractivity contribution >= 4 is 11.9 Å². The Labute approximate surface area is 115 Å². The molecule has 0 saturated carbocycles. The van der Waals surface area contributed by atoms with Gasteiger partial charge in [0.1, 0.15) is 5.56 Å². The lowest BCUT2D eigenvalue weighted by Crippen LogP contribution is -2.16. The van der Waals surface area contributed by atoms with Crippen LogP contribution in [0.5, 0.6) is 0 Å². The zero-order valence-electron chi connectivity index (χ0n) is 11.3. The van der Waals surface area contributed by atoms with E-state index in [9.17, 15) is 9.59 Å². The molecular weight excluding hydrogens is 258 g/mol. The van der Waals surface area contributed by atoms with Gasteiger partial charge < -0.3 is 10.8 Å². The van der Waals surface area contributed by atoms with E-state index in [1.54, 1.807) is 42.8 Å². The maximum absolute atomic E-state index is 11.4. The summed E-state index contributed by atoms with van der Waals surface area (Å²) >= 11 is 0. The van der Waals surface area contributed by atoms with Crippen LogP contribution in [-0.2, 0) is 6.54 Å². The Kier molecular flexibility index (Phi) is 3.56. The topological polar surface area (TPSA) is 98.2 Å². The molecule has 1 amide bonds. The van der Waals surface area contributed by atoms with Crippen LogP contribution >= 0.6 is 0 Å². The van der Waals surface area contributed by atoms with Crippen molar-refractivity contribution in [3.05, 3.63) is 52.3 Å². The van der Waals surface area contributed by atoms with E-state index < -0.39 is 11.9 Å². The fraction of sp³-hybridized carbons (Fsp3) is 0.214. The Balaban J connectivity index is 2.44. The molecular formula is C14H15N3O3. The van der Waals surface area contributed by atoms with Crippen molar-refractivity contribution in [3.63, 3.8) is 0 Å². The third-order valence-corrected chi connectivity index (χ3v) is 3.20. The molecule has 2 rings (SSSR count). The third kappa shape index (κ3) is 2.40. The average Bonchev–Trinajstić information content (AvgIpc) is 2.64. The molecule has 0 radical (unpaired) electrons. The fourth-order valence-corrected chi connectivity index (χ4v) is 2.22. The number of aromatic nitrogens is 2. The minimum atomic E-state index is -1.01. The number of amides is 1. The van der Waals surface area contributed by atoms with Crippen LogP contribution in [0, 0.1) is 13.8 Å². The normalized spacial score (nSPS) is 10.5. The van der Waals surface area contributed by atoms with Gasteiger partial charge in [0, 0.05) is 5.56 Å². The van der Waals surface area contributed by atoms with Crippen molar-refractivity contribution < 1.29 is 14.7 Å². The number of nitrogens with zero attached hydrogens (tertiary/aromatic N) is 2. The third-order valence-electron chi connectivity index (χ3n) is 3.20. The Morgan fingerprint density at radius 1 is 1.30 bits per heavy atom. The van der Waals surface area contributed by atoms with Gasteiger partial charge in [-0.15, -0.1) is 0 Å². The molecule has 0 saturated heterocycles. The predicted molar refractivity (Wildman–Crippen MR) is 72.7 cm³/mol. The van der Waals surface area contributed by atoms with E-state index in [0.717, 1.165) is 0 Å². The van der Waals surface area contributed by atoms with Crippen molar-refractivity contribution in [2.75, 3.05) is 0 Å². The lowest BCUT2D eigenvalue weighted by atomic mass is 10.1. The summed E-state index contributed by atoms with van der Waals surface area (Å²) in [4.78, 5) is 22.5. The number of carboxylic acid groups (broad SMARTS) is 1. The number of hydrogen-bond donors (Lipinski definition) is 2. The molecule has 0 spiro atoms. The van der Waals surface area contributed by atoms with Gasteiger partial charge in [0.25, 0.3) is 0 Å². The number of carboxylic acids is 1. The predicted octanol–water partition coefficient (Wildman–Crippen LogP) is 1.35. The number of aromatic carboxylic acids is 1. The molecule has 1 heterocycles. The molecule has 1 aromatic carbocycles. The highest BCUT2D eigenvalue weighted by molar-refractivity contribution is 5.94. The molecule has 0 bridgehead atoms. The maximum atomic E-state index is 11.4. The van der Waals surface area contributed by atoms with E-state index in [4.69, 9.17) is 10.8 Å². The van der Waals surface area contributed by atoms with Gasteiger partial charge in [0.05, 0.1) is 17.9 Å². The first-order chi connectivity index (χ1) is 9.41. The minimum Gasteiger partial charge on any atom is -0.478 e. The second-order valence-electron chi connectivity index (χ2n) is 4.53. The molecule has 2 aromatic rings. The Hall–Kier alpha value is -2.63. The molecule has 0 aliphatic rings. The molecule has 3 N–H and O–H groups in total. The van der Waals surface area contributed by atoms with Crippen LogP contribution in [0.1, 0.15) is 37.7 Å². The Morgan fingerprint density at radius 3 is 2.50 bits per heavy atom. The smallest absolute Gasteiger partial charge is 0.339 e. The molecule has 0 fully saturated rings. The van der Waals surface area contributed by atoms with Gasteiger partial charge in [-0.2, -0.15) is 5.10 Å². The average molecular weight is 273 g/mol. The van der Waals surface area contributed by atoms with E-state index in [2.05, 4.69) is 5.10 Å². The van der Waals surface area contributed by atoms with Gasteiger partial charge in [-0.25, -0.2) is 4.79 Å². The number of nitrogens with two attached hydrogens (primary N) is 1. The lowest BCUT2D eigenvalue weighted by molar-refractivity contribution is 0.0695. The van der Waals surface area contributed by atoms with E-state index in [1.165, 1.54) is 0 Å². The molecule has 0 aliphatic carbocycles. The SMILES string of the molecule is Cc1nn(Cc2ccccc2C(N)=O)c(C)c1C(=O)O. The summed E-state index contributed by atoms with van der Waals surface area (Å²) in [6.07, 6.45) is 0. The highest BCUT2D eigenvalue weighted by Gasteiger charge is 2.18. The first-order valence-electron chi connectivity index (χ1n) is 6.06. The van der Waals surface area contributed by atoms with Crippen LogP contribution in [0.25, 0.3) is 0 Å². The summed E-state index contributed by atoms with van der Waals surface area (Å²) in [5.74, 6) is -1.52. The van der Waals surface area contributed by atoms with Crippen molar-refractivity contribution in [2.45, 2.75) is 20.4 Å². The molecule has 6 nitrogen and oxygen atoms in total. The maximum Gasteiger partial charge on any atom is 0.339 e. The summed E-state index contributed by atoms with van der Waals surface area (Å²) in [6, 6.07) is 6.94. The molecule has 1 aromatic heterocycles. The number of benzene rings is 1. The van der Waals surface area contributed by atoms with E-state index >= 15 is 0 Å². The number of carbonyl (C=O) groups is 2. The highest BCUT2D eigenvalue weighted by Crippen LogP contribution is 2.16. The number of rotatable bonds is 4. The summed E-state index contributed by atoms with van der Waals surface area (Å²) in [5, 5.41) is 13.4. The fourth-order valence-electron chi connectivity index (χ4n) is 2.22. The van der Waals surface area contributed by atoms with Crippen molar-refractivity contribution in [1.29, 1.82) is 0 Å². The van der Waals surface area contributed by atoms with Crippen LogP contribution in [0.15, 0.2) is 24.3 Å². The summed E-state index contributed by atoms with van der Waals surface area (Å²) in [6.45, 7) is 3.64. The molecule has 6 heteroatoms.